The molecule has 0 aromatic heterocycles. The molecular weight excluding hydrogens is 320 g/mol. The Hall–Kier alpha value is -1.62. The lowest BCUT2D eigenvalue weighted by molar-refractivity contribution is -0.154. The Morgan fingerprint density at radius 3 is 2.92 bits per heavy atom. The third-order valence-electron chi connectivity index (χ3n) is 7.99. The molecule has 4 fully saturated rings. The van der Waals surface area contributed by atoms with Gasteiger partial charge in [-0.25, -0.2) is 0 Å². The number of carbonyl (C=O) groups is 2. The quantitative estimate of drug-likeness (QED) is 0.584. The van der Waals surface area contributed by atoms with Crippen molar-refractivity contribution >= 4 is 11.9 Å². The first kappa shape index (κ1) is 15.6. The van der Waals surface area contributed by atoms with E-state index >= 15 is 0 Å². The Labute approximate surface area is 147 Å². The highest BCUT2D eigenvalue weighted by Crippen LogP contribution is 2.77. The average molecular weight is 344 g/mol. The van der Waals surface area contributed by atoms with Crippen molar-refractivity contribution in [3.8, 4) is 0 Å². The average Bonchev–Trinajstić information content (AvgIpc) is 2.95. The van der Waals surface area contributed by atoms with Crippen LogP contribution in [-0.2, 0) is 19.1 Å². The number of esters is 2. The van der Waals surface area contributed by atoms with Gasteiger partial charge in [-0.05, 0) is 56.6 Å². The van der Waals surface area contributed by atoms with Gasteiger partial charge in [0.15, 0.2) is 0 Å². The van der Waals surface area contributed by atoms with E-state index in [1.807, 2.05) is 13.0 Å². The van der Waals surface area contributed by atoms with Crippen molar-refractivity contribution < 1.29 is 24.2 Å². The zero-order chi connectivity index (χ0) is 17.8. The predicted molar refractivity (Wildman–Crippen MR) is 88.2 cm³/mol. The first-order chi connectivity index (χ1) is 11.7. The number of hydrogen-bond donors (Lipinski definition) is 1. The summed E-state index contributed by atoms with van der Waals surface area (Å²) in [6.45, 7) is 6.06. The number of aliphatic hydroxyl groups is 1. The van der Waals surface area contributed by atoms with Crippen molar-refractivity contribution in [2.45, 2.75) is 56.7 Å². The Morgan fingerprint density at radius 2 is 2.20 bits per heavy atom. The number of hydrogen-bond acceptors (Lipinski definition) is 5. The molecule has 0 aromatic carbocycles. The van der Waals surface area contributed by atoms with E-state index in [-0.39, 0.29) is 17.9 Å². The van der Waals surface area contributed by atoms with Gasteiger partial charge in [-0.1, -0.05) is 12.7 Å². The lowest BCUT2D eigenvalue weighted by atomic mass is 9.60. The van der Waals surface area contributed by atoms with Crippen LogP contribution >= 0.6 is 0 Å². The molecule has 1 N–H and O–H groups in total. The Balaban J connectivity index is 1.79. The molecule has 1 spiro atoms. The molecule has 5 rings (SSSR count). The molecule has 0 radical (unpaired) electrons. The van der Waals surface area contributed by atoms with Crippen LogP contribution in [0.3, 0.4) is 0 Å². The third kappa shape index (κ3) is 1.44. The second kappa shape index (κ2) is 4.20. The molecule has 4 aliphatic carbocycles. The van der Waals surface area contributed by atoms with E-state index in [9.17, 15) is 14.7 Å². The molecular formula is C20H24O5. The van der Waals surface area contributed by atoms with Crippen LogP contribution in [0.1, 0.15) is 45.4 Å². The van der Waals surface area contributed by atoms with Gasteiger partial charge in [0, 0.05) is 11.3 Å². The normalized spacial score (nSPS) is 52.4. The van der Waals surface area contributed by atoms with Crippen LogP contribution in [0.5, 0.6) is 0 Å². The van der Waals surface area contributed by atoms with Gasteiger partial charge in [-0.15, -0.1) is 0 Å². The van der Waals surface area contributed by atoms with Crippen molar-refractivity contribution in [2.24, 2.45) is 22.7 Å². The van der Waals surface area contributed by atoms with Gasteiger partial charge in [-0.2, -0.15) is 0 Å². The van der Waals surface area contributed by atoms with Gasteiger partial charge < -0.3 is 14.6 Å². The second-order valence-corrected chi connectivity index (χ2v) is 9.00. The van der Waals surface area contributed by atoms with Gasteiger partial charge in [0.05, 0.1) is 24.0 Å². The molecule has 3 saturated carbocycles. The van der Waals surface area contributed by atoms with E-state index in [0.29, 0.717) is 19.3 Å². The van der Waals surface area contributed by atoms with E-state index < -0.39 is 27.9 Å². The number of ether oxygens (including phenoxy) is 2. The minimum atomic E-state index is -0.954. The number of rotatable bonds is 1. The third-order valence-corrected chi connectivity index (χ3v) is 7.99. The summed E-state index contributed by atoms with van der Waals surface area (Å²) >= 11 is 0. The lowest BCUT2D eigenvalue weighted by Gasteiger charge is -2.39. The van der Waals surface area contributed by atoms with Gasteiger partial charge in [0.2, 0.25) is 0 Å². The molecule has 134 valence electrons. The smallest absolute Gasteiger partial charge is 0.313 e. The molecule has 0 aromatic rings. The van der Waals surface area contributed by atoms with Crippen LogP contribution in [0.4, 0.5) is 0 Å². The van der Waals surface area contributed by atoms with Crippen LogP contribution in [0, 0.1) is 22.7 Å². The Morgan fingerprint density at radius 1 is 1.44 bits per heavy atom. The highest BCUT2D eigenvalue weighted by molar-refractivity contribution is 5.87. The van der Waals surface area contributed by atoms with Gasteiger partial charge in [0.1, 0.15) is 5.60 Å². The fourth-order valence-electron chi connectivity index (χ4n) is 7.09. The maximum absolute atomic E-state index is 13.0. The standard InChI is InChI=1S/C20H24O5/c1-11-9-18-10-19(11,23)8-5-12(18)20-7-4-6-17(2,16(22)25-20)14(20)13(18)15(21)24-3/h5,13-14,23H,1,4,6-10H2,2-3H3/t13-,14-,17-,18+,19+,20-/m1/s1. The summed E-state index contributed by atoms with van der Waals surface area (Å²) in [6, 6.07) is 0. The summed E-state index contributed by atoms with van der Waals surface area (Å²) in [7, 11) is 1.40. The van der Waals surface area contributed by atoms with E-state index in [4.69, 9.17) is 9.47 Å². The first-order valence-corrected chi connectivity index (χ1v) is 9.17. The Kier molecular flexibility index (Phi) is 2.62. The van der Waals surface area contributed by atoms with Gasteiger partial charge in [0.25, 0.3) is 0 Å². The van der Waals surface area contributed by atoms with Crippen molar-refractivity contribution in [1.82, 2.24) is 0 Å². The van der Waals surface area contributed by atoms with Crippen molar-refractivity contribution in [2.75, 3.05) is 7.11 Å². The van der Waals surface area contributed by atoms with Crippen LogP contribution in [-0.4, -0.2) is 35.4 Å². The zero-order valence-corrected chi connectivity index (χ0v) is 14.8. The predicted octanol–water partition coefficient (Wildman–Crippen LogP) is 2.29. The highest BCUT2D eigenvalue weighted by Gasteiger charge is 2.81. The minimum Gasteiger partial charge on any atom is -0.469 e. The fraction of sp³-hybridized carbons (Fsp3) is 0.700. The molecule has 5 heteroatoms. The van der Waals surface area contributed by atoms with E-state index in [2.05, 4.69) is 6.58 Å². The van der Waals surface area contributed by atoms with Crippen LogP contribution in [0.2, 0.25) is 0 Å². The van der Waals surface area contributed by atoms with Crippen LogP contribution in [0.25, 0.3) is 0 Å². The summed E-state index contributed by atoms with van der Waals surface area (Å²) in [5.41, 5.74) is -0.991. The molecule has 0 unspecified atom stereocenters. The van der Waals surface area contributed by atoms with Crippen LogP contribution in [0.15, 0.2) is 23.8 Å². The first-order valence-electron chi connectivity index (χ1n) is 9.17. The van der Waals surface area contributed by atoms with Crippen molar-refractivity contribution in [3.05, 3.63) is 23.8 Å². The molecule has 5 nitrogen and oxygen atoms in total. The van der Waals surface area contributed by atoms with Crippen molar-refractivity contribution in [1.29, 1.82) is 0 Å². The monoisotopic (exact) mass is 344 g/mol. The number of fused-ring (bicyclic) bond motifs is 1. The van der Waals surface area contributed by atoms with Gasteiger partial charge >= 0.3 is 11.9 Å². The largest absolute Gasteiger partial charge is 0.469 e. The molecule has 1 aliphatic heterocycles. The van der Waals surface area contributed by atoms with Crippen molar-refractivity contribution in [3.63, 3.8) is 0 Å². The number of methoxy groups -OCH3 is 1. The summed E-state index contributed by atoms with van der Waals surface area (Å²) in [6.07, 6.45) is 5.98. The summed E-state index contributed by atoms with van der Waals surface area (Å²) in [5.74, 6) is -1.15. The molecule has 5 aliphatic rings. The summed E-state index contributed by atoms with van der Waals surface area (Å²) in [5, 5.41) is 11.0. The summed E-state index contributed by atoms with van der Waals surface area (Å²) < 4.78 is 11.3. The highest BCUT2D eigenvalue weighted by atomic mass is 16.6. The van der Waals surface area contributed by atoms with E-state index in [1.165, 1.54) is 7.11 Å². The maximum atomic E-state index is 13.0. The fourth-order valence-corrected chi connectivity index (χ4v) is 7.09. The van der Waals surface area contributed by atoms with Crippen LogP contribution < -0.4 is 0 Å². The van der Waals surface area contributed by atoms with E-state index in [1.54, 1.807) is 0 Å². The molecule has 0 amide bonds. The molecule has 1 saturated heterocycles. The molecule has 6 atom stereocenters. The molecule has 1 heterocycles. The molecule has 25 heavy (non-hydrogen) atoms. The Bertz CT molecular complexity index is 768. The maximum Gasteiger partial charge on any atom is 0.313 e. The SMILES string of the molecule is C=C1C[C@]23C[C@@]1(O)CC=C2[C@@]12CCC[C@@](C)(C(=O)O1)[C@H]2[C@@H]3C(=O)OC. The number of carbonyl (C=O) groups excluding carboxylic acids is 2. The topological polar surface area (TPSA) is 72.8 Å². The van der Waals surface area contributed by atoms with E-state index in [0.717, 1.165) is 30.4 Å². The summed E-state index contributed by atoms with van der Waals surface area (Å²) in [4.78, 5) is 25.7. The van der Waals surface area contributed by atoms with Gasteiger partial charge in [-0.3, -0.25) is 9.59 Å². The molecule has 4 bridgehead atoms. The minimum absolute atomic E-state index is 0.183. The zero-order valence-electron chi connectivity index (χ0n) is 14.8. The second-order valence-electron chi connectivity index (χ2n) is 9.00. The lowest BCUT2D eigenvalue weighted by Crippen LogP contribution is -2.46.